The summed E-state index contributed by atoms with van der Waals surface area (Å²) in [6.07, 6.45) is 9.43. The number of rotatable bonds is 20. The number of ether oxygens (including phenoxy) is 8. The minimum absolute atomic E-state index is 0.0871. The zero-order valence-electron chi connectivity index (χ0n) is 30.6. The molecule has 0 aliphatic heterocycles. The van der Waals surface area contributed by atoms with Gasteiger partial charge in [0.2, 0.25) is 0 Å². The van der Waals surface area contributed by atoms with Crippen molar-refractivity contribution in [3.63, 3.8) is 0 Å². The van der Waals surface area contributed by atoms with Gasteiger partial charge in [-0.05, 0) is 77.0 Å². The van der Waals surface area contributed by atoms with Crippen molar-refractivity contribution in [1.29, 1.82) is 0 Å². The molecule has 0 N–H and O–H groups in total. The first kappa shape index (κ1) is 42.6. The summed E-state index contributed by atoms with van der Waals surface area (Å²) < 4.78 is 43.1. The van der Waals surface area contributed by atoms with Gasteiger partial charge in [0.25, 0.3) is 0 Å². The van der Waals surface area contributed by atoms with Gasteiger partial charge < -0.3 is 37.9 Å². The predicted molar refractivity (Wildman–Crippen MR) is 184 cm³/mol. The molecule has 3 aliphatic carbocycles. The predicted octanol–water partition coefficient (Wildman–Crippen LogP) is 4.76. The van der Waals surface area contributed by atoms with E-state index in [2.05, 4.69) is 13.2 Å². The standard InChI is InChI=1S/C38H56O14/c1-5-33(39)45-19-21-47-35(41)29-11-7-9-13-31(29)37(43)51-25(3)49-23-27-15-17-28(18-16-27)24-50-26(4)52-38(44)32-14-10-8-12-30(32)36(42)48-22-20-46-34(40)6-2/h5-6,25-32H,1-2,7-24H2,3-4H3. The molecule has 0 aromatic rings. The molecule has 0 spiro atoms. The third-order valence-electron chi connectivity index (χ3n) is 9.88. The lowest BCUT2D eigenvalue weighted by molar-refractivity contribution is -0.190. The van der Waals surface area contributed by atoms with Gasteiger partial charge in [-0.15, -0.1) is 0 Å². The van der Waals surface area contributed by atoms with Crippen LogP contribution in [0.15, 0.2) is 25.3 Å². The molecular weight excluding hydrogens is 680 g/mol. The highest BCUT2D eigenvalue weighted by molar-refractivity contribution is 5.83. The lowest BCUT2D eigenvalue weighted by Gasteiger charge is -2.31. The van der Waals surface area contributed by atoms with Gasteiger partial charge in [-0.3, -0.25) is 19.2 Å². The quantitative estimate of drug-likeness (QED) is 0.0550. The average molecular weight is 737 g/mol. The van der Waals surface area contributed by atoms with E-state index < -0.39 is 72.1 Å². The van der Waals surface area contributed by atoms with Gasteiger partial charge >= 0.3 is 35.8 Å². The molecule has 3 saturated carbocycles. The fraction of sp³-hybridized carbons (Fsp3) is 0.737. The Kier molecular flexibility index (Phi) is 18.9. The van der Waals surface area contributed by atoms with Crippen molar-refractivity contribution in [2.24, 2.45) is 35.5 Å². The van der Waals surface area contributed by atoms with Gasteiger partial charge in [-0.2, -0.15) is 0 Å². The van der Waals surface area contributed by atoms with Gasteiger partial charge in [-0.25, -0.2) is 9.59 Å². The van der Waals surface area contributed by atoms with Crippen molar-refractivity contribution in [1.82, 2.24) is 0 Å². The molecule has 6 atom stereocenters. The second-order valence-electron chi connectivity index (χ2n) is 13.6. The van der Waals surface area contributed by atoms with E-state index in [1.54, 1.807) is 13.8 Å². The van der Waals surface area contributed by atoms with Crippen LogP contribution in [0.25, 0.3) is 0 Å². The molecule has 6 unspecified atom stereocenters. The van der Waals surface area contributed by atoms with E-state index in [1.165, 1.54) is 0 Å². The van der Waals surface area contributed by atoms with E-state index in [0.717, 1.165) is 63.5 Å². The highest BCUT2D eigenvalue weighted by atomic mass is 16.7. The van der Waals surface area contributed by atoms with E-state index in [0.29, 0.717) is 38.9 Å². The first-order valence-electron chi connectivity index (χ1n) is 18.6. The highest BCUT2D eigenvalue weighted by Crippen LogP contribution is 2.34. The van der Waals surface area contributed by atoms with Crippen molar-refractivity contribution >= 4 is 35.8 Å². The first-order valence-corrected chi connectivity index (χ1v) is 18.6. The smallest absolute Gasteiger partial charge is 0.330 e. The van der Waals surface area contributed by atoms with Crippen molar-refractivity contribution < 1.29 is 66.7 Å². The molecule has 14 heteroatoms. The van der Waals surface area contributed by atoms with Crippen LogP contribution in [0.1, 0.15) is 90.9 Å². The molecule has 292 valence electrons. The highest BCUT2D eigenvalue weighted by Gasteiger charge is 2.40. The normalized spacial score (nSPS) is 25.7. The van der Waals surface area contributed by atoms with Crippen LogP contribution in [-0.4, -0.2) is 88.0 Å². The van der Waals surface area contributed by atoms with Crippen molar-refractivity contribution in [2.45, 2.75) is 103 Å². The Morgan fingerprint density at radius 2 is 0.808 bits per heavy atom. The molecule has 0 aromatic heterocycles. The molecule has 3 fully saturated rings. The maximum absolute atomic E-state index is 13.0. The molecule has 0 aromatic carbocycles. The molecule has 0 bridgehead atoms. The minimum atomic E-state index is -0.770. The number of carbonyl (C=O) groups excluding carboxylic acids is 6. The van der Waals surface area contributed by atoms with Crippen LogP contribution >= 0.6 is 0 Å². The van der Waals surface area contributed by atoms with E-state index in [1.807, 2.05) is 0 Å². The lowest BCUT2D eigenvalue weighted by atomic mass is 9.79. The van der Waals surface area contributed by atoms with Crippen LogP contribution in [0.3, 0.4) is 0 Å². The van der Waals surface area contributed by atoms with Gasteiger partial charge in [0.15, 0.2) is 12.6 Å². The van der Waals surface area contributed by atoms with Gasteiger partial charge in [0.1, 0.15) is 26.4 Å². The van der Waals surface area contributed by atoms with Gasteiger partial charge in [0.05, 0.1) is 36.9 Å². The summed E-state index contributed by atoms with van der Waals surface area (Å²) in [7, 11) is 0. The number of hydrogen-bond donors (Lipinski definition) is 0. The maximum atomic E-state index is 13.0. The Morgan fingerprint density at radius 3 is 1.13 bits per heavy atom. The molecule has 3 aliphatic rings. The molecule has 52 heavy (non-hydrogen) atoms. The zero-order valence-corrected chi connectivity index (χ0v) is 30.6. The monoisotopic (exact) mass is 736 g/mol. The fourth-order valence-electron chi connectivity index (χ4n) is 6.97. The van der Waals surface area contributed by atoms with Crippen LogP contribution in [0, 0.1) is 35.5 Å². The van der Waals surface area contributed by atoms with Crippen molar-refractivity contribution in [3.8, 4) is 0 Å². The summed E-state index contributed by atoms with van der Waals surface area (Å²) in [5, 5.41) is 0. The summed E-state index contributed by atoms with van der Waals surface area (Å²) in [5.41, 5.74) is 0. The van der Waals surface area contributed by atoms with E-state index in [4.69, 9.17) is 37.9 Å². The Balaban J connectivity index is 1.31. The second-order valence-corrected chi connectivity index (χ2v) is 13.6. The van der Waals surface area contributed by atoms with Crippen molar-refractivity contribution in [2.75, 3.05) is 39.6 Å². The van der Waals surface area contributed by atoms with E-state index in [9.17, 15) is 28.8 Å². The average Bonchev–Trinajstić information content (AvgIpc) is 3.16. The summed E-state index contributed by atoms with van der Waals surface area (Å²) in [4.78, 5) is 73.7. The van der Waals surface area contributed by atoms with Crippen LogP contribution in [0.4, 0.5) is 0 Å². The van der Waals surface area contributed by atoms with Crippen LogP contribution in [0.5, 0.6) is 0 Å². The fourth-order valence-corrected chi connectivity index (χ4v) is 6.97. The third-order valence-corrected chi connectivity index (χ3v) is 9.88. The topological polar surface area (TPSA) is 176 Å². The van der Waals surface area contributed by atoms with E-state index >= 15 is 0 Å². The second kappa shape index (κ2) is 23.0. The molecule has 14 nitrogen and oxygen atoms in total. The van der Waals surface area contributed by atoms with Gasteiger partial charge in [-0.1, -0.05) is 38.8 Å². The number of carbonyl (C=O) groups is 6. The van der Waals surface area contributed by atoms with Gasteiger partial charge in [0, 0.05) is 12.2 Å². The summed E-state index contributed by atoms with van der Waals surface area (Å²) in [6.45, 7) is 10.5. The zero-order chi connectivity index (χ0) is 37.9. The summed E-state index contributed by atoms with van der Waals surface area (Å²) in [5.74, 6) is -5.07. The first-order chi connectivity index (χ1) is 25.0. The SMILES string of the molecule is C=CC(=O)OCCOC(=O)C1CCCCC1C(=O)OC(C)OCC1CCC(COC(C)OC(=O)C2CCCCC2C(=O)OCCOC(=O)C=C)CC1. The third kappa shape index (κ3) is 14.7. The Hall–Kier alpha value is -3.78. The van der Waals surface area contributed by atoms with Crippen LogP contribution in [0.2, 0.25) is 0 Å². The number of hydrogen-bond acceptors (Lipinski definition) is 14. The molecule has 0 radical (unpaired) electrons. The Labute approximate surface area is 306 Å². The Morgan fingerprint density at radius 1 is 0.500 bits per heavy atom. The number of esters is 6. The molecule has 0 saturated heterocycles. The maximum Gasteiger partial charge on any atom is 0.330 e. The largest absolute Gasteiger partial charge is 0.462 e. The molecule has 0 heterocycles. The van der Waals surface area contributed by atoms with E-state index in [-0.39, 0.29) is 38.3 Å². The van der Waals surface area contributed by atoms with Crippen LogP contribution < -0.4 is 0 Å². The lowest BCUT2D eigenvalue weighted by Crippen LogP contribution is -2.37. The Bertz CT molecular complexity index is 1120. The summed E-state index contributed by atoms with van der Waals surface area (Å²) >= 11 is 0. The summed E-state index contributed by atoms with van der Waals surface area (Å²) in [6, 6.07) is 0. The van der Waals surface area contributed by atoms with Crippen molar-refractivity contribution in [3.05, 3.63) is 25.3 Å². The minimum Gasteiger partial charge on any atom is -0.462 e. The molecule has 3 rings (SSSR count). The molecule has 0 amide bonds. The van der Waals surface area contributed by atoms with Crippen LogP contribution in [-0.2, 0) is 66.7 Å². The molecular formula is C38H56O14.